The molecule has 0 amide bonds. The summed E-state index contributed by atoms with van der Waals surface area (Å²) in [4.78, 5) is 2.59. The standard InChI is InChI=1S/C15H26BrN3/c1-4-12-7-6-9-19(10-8-12)11-14-15(16)13(5-2)17-18(14)3/h12H,4-11H2,1-3H3. The van der Waals surface area contributed by atoms with Gasteiger partial charge in [-0.15, -0.1) is 0 Å². The highest BCUT2D eigenvalue weighted by molar-refractivity contribution is 9.10. The van der Waals surface area contributed by atoms with Gasteiger partial charge in [-0.3, -0.25) is 9.58 Å². The molecule has 4 heteroatoms. The van der Waals surface area contributed by atoms with Crippen molar-refractivity contribution >= 4 is 15.9 Å². The maximum absolute atomic E-state index is 4.59. The van der Waals surface area contributed by atoms with E-state index < -0.39 is 0 Å². The van der Waals surface area contributed by atoms with E-state index in [1.807, 2.05) is 4.68 Å². The van der Waals surface area contributed by atoms with Crippen molar-refractivity contribution in [3.63, 3.8) is 0 Å². The normalized spacial score (nSPS) is 21.6. The number of likely N-dealkylation sites (tertiary alicyclic amines) is 1. The van der Waals surface area contributed by atoms with Crippen LogP contribution < -0.4 is 0 Å². The van der Waals surface area contributed by atoms with Crippen LogP contribution in [0.5, 0.6) is 0 Å². The lowest BCUT2D eigenvalue weighted by atomic mass is 9.98. The van der Waals surface area contributed by atoms with Gasteiger partial charge in [-0.2, -0.15) is 5.10 Å². The molecule has 1 aliphatic heterocycles. The quantitative estimate of drug-likeness (QED) is 0.839. The van der Waals surface area contributed by atoms with Gasteiger partial charge in [-0.1, -0.05) is 20.3 Å². The summed E-state index contributed by atoms with van der Waals surface area (Å²) in [6.45, 7) is 7.98. The maximum Gasteiger partial charge on any atom is 0.0767 e. The molecule has 1 fully saturated rings. The third kappa shape index (κ3) is 3.60. The van der Waals surface area contributed by atoms with E-state index in [0.717, 1.165) is 18.9 Å². The Kier molecular flexibility index (Phi) is 5.46. The fraction of sp³-hybridized carbons (Fsp3) is 0.800. The molecule has 19 heavy (non-hydrogen) atoms. The number of rotatable bonds is 4. The fourth-order valence-electron chi connectivity index (χ4n) is 2.99. The van der Waals surface area contributed by atoms with Gasteiger partial charge < -0.3 is 0 Å². The highest BCUT2D eigenvalue weighted by Crippen LogP contribution is 2.25. The van der Waals surface area contributed by atoms with E-state index in [1.54, 1.807) is 0 Å². The monoisotopic (exact) mass is 327 g/mol. The number of hydrogen-bond donors (Lipinski definition) is 0. The summed E-state index contributed by atoms with van der Waals surface area (Å²) in [5.41, 5.74) is 2.51. The topological polar surface area (TPSA) is 21.1 Å². The number of aryl methyl sites for hydroxylation is 2. The Balaban J connectivity index is 2.03. The molecule has 0 aliphatic carbocycles. The average Bonchev–Trinajstić information content (AvgIpc) is 2.60. The van der Waals surface area contributed by atoms with Crippen molar-refractivity contribution in [2.45, 2.75) is 52.5 Å². The first-order chi connectivity index (χ1) is 9.15. The smallest absolute Gasteiger partial charge is 0.0767 e. The number of nitrogens with zero attached hydrogens (tertiary/aromatic N) is 3. The molecule has 0 aromatic carbocycles. The first kappa shape index (κ1) is 15.0. The Morgan fingerprint density at radius 2 is 2.05 bits per heavy atom. The minimum atomic E-state index is 0.936. The predicted octanol–water partition coefficient (Wildman–Crippen LogP) is 3.76. The van der Waals surface area contributed by atoms with Crippen molar-refractivity contribution in [1.82, 2.24) is 14.7 Å². The molecule has 0 spiro atoms. The summed E-state index contributed by atoms with van der Waals surface area (Å²) in [7, 11) is 2.06. The van der Waals surface area contributed by atoms with Gasteiger partial charge in [0.2, 0.25) is 0 Å². The highest BCUT2D eigenvalue weighted by atomic mass is 79.9. The average molecular weight is 328 g/mol. The van der Waals surface area contributed by atoms with Gasteiger partial charge in [0.15, 0.2) is 0 Å². The van der Waals surface area contributed by atoms with E-state index in [9.17, 15) is 0 Å². The first-order valence-corrected chi connectivity index (χ1v) is 8.37. The Hall–Kier alpha value is -0.350. The molecule has 2 heterocycles. The molecule has 0 bridgehead atoms. The highest BCUT2D eigenvalue weighted by Gasteiger charge is 2.19. The van der Waals surface area contributed by atoms with Crippen LogP contribution in [0.2, 0.25) is 0 Å². The third-order valence-electron chi connectivity index (χ3n) is 4.39. The van der Waals surface area contributed by atoms with E-state index in [-0.39, 0.29) is 0 Å². The van der Waals surface area contributed by atoms with Crippen LogP contribution in [0, 0.1) is 5.92 Å². The SMILES string of the molecule is CCc1nn(C)c(CN2CCCC(CC)CC2)c1Br. The van der Waals surface area contributed by atoms with Gasteiger partial charge in [0.05, 0.1) is 15.9 Å². The molecule has 0 saturated carbocycles. The zero-order valence-electron chi connectivity index (χ0n) is 12.5. The van der Waals surface area contributed by atoms with Crippen LogP contribution in [0.3, 0.4) is 0 Å². The molecule has 1 atom stereocenters. The molecule has 0 radical (unpaired) electrons. The summed E-state index contributed by atoms with van der Waals surface area (Å²) in [5, 5.41) is 4.59. The molecule has 1 aromatic heterocycles. The van der Waals surface area contributed by atoms with Crippen molar-refractivity contribution in [1.29, 1.82) is 0 Å². The lowest BCUT2D eigenvalue weighted by Gasteiger charge is -2.20. The number of hydrogen-bond acceptors (Lipinski definition) is 2. The minimum absolute atomic E-state index is 0.936. The Labute approximate surface area is 125 Å². The summed E-state index contributed by atoms with van der Waals surface area (Å²) in [5.74, 6) is 0.936. The van der Waals surface area contributed by atoms with Crippen molar-refractivity contribution < 1.29 is 0 Å². The minimum Gasteiger partial charge on any atom is -0.297 e. The lowest BCUT2D eigenvalue weighted by Crippen LogP contribution is -2.25. The second-order valence-electron chi connectivity index (χ2n) is 5.67. The van der Waals surface area contributed by atoms with Gasteiger partial charge in [0, 0.05) is 13.6 Å². The van der Waals surface area contributed by atoms with Crippen LogP contribution in [-0.2, 0) is 20.0 Å². The molecule has 1 saturated heterocycles. The second kappa shape index (κ2) is 6.89. The molecule has 108 valence electrons. The molecule has 1 aromatic rings. The van der Waals surface area contributed by atoms with Crippen LogP contribution in [0.25, 0.3) is 0 Å². The zero-order chi connectivity index (χ0) is 13.8. The molecular formula is C15H26BrN3. The van der Waals surface area contributed by atoms with Gasteiger partial charge in [-0.25, -0.2) is 0 Å². The largest absolute Gasteiger partial charge is 0.297 e. The van der Waals surface area contributed by atoms with Crippen LogP contribution in [0.1, 0.15) is 50.9 Å². The number of aromatic nitrogens is 2. The summed E-state index contributed by atoms with van der Waals surface area (Å²) >= 11 is 3.72. The lowest BCUT2D eigenvalue weighted by molar-refractivity contribution is 0.264. The second-order valence-corrected chi connectivity index (χ2v) is 6.46. The molecule has 0 N–H and O–H groups in total. The zero-order valence-corrected chi connectivity index (χ0v) is 14.0. The van der Waals surface area contributed by atoms with Gasteiger partial charge in [0.1, 0.15) is 0 Å². The molecule has 1 unspecified atom stereocenters. The summed E-state index contributed by atoms with van der Waals surface area (Å²) in [6.07, 6.45) is 6.43. The Morgan fingerprint density at radius 3 is 2.68 bits per heavy atom. The molecule has 1 aliphatic rings. The van der Waals surface area contributed by atoms with Crippen LogP contribution in [0.15, 0.2) is 4.47 Å². The molecular weight excluding hydrogens is 302 g/mol. The molecule has 2 rings (SSSR count). The summed E-state index contributed by atoms with van der Waals surface area (Å²) in [6, 6.07) is 0. The van der Waals surface area contributed by atoms with Gasteiger partial charge >= 0.3 is 0 Å². The molecule has 3 nitrogen and oxygen atoms in total. The van der Waals surface area contributed by atoms with E-state index in [1.165, 1.54) is 54.6 Å². The fourth-order valence-corrected chi connectivity index (χ4v) is 3.74. The first-order valence-electron chi connectivity index (χ1n) is 7.58. The van der Waals surface area contributed by atoms with Crippen molar-refractivity contribution in [3.05, 3.63) is 15.9 Å². The van der Waals surface area contributed by atoms with Crippen molar-refractivity contribution in [2.24, 2.45) is 13.0 Å². The third-order valence-corrected chi connectivity index (χ3v) is 5.31. The Bertz CT molecular complexity index is 414. The van der Waals surface area contributed by atoms with Crippen LogP contribution in [-0.4, -0.2) is 27.8 Å². The predicted molar refractivity (Wildman–Crippen MR) is 83.2 cm³/mol. The maximum atomic E-state index is 4.59. The van der Waals surface area contributed by atoms with E-state index in [2.05, 4.69) is 46.8 Å². The van der Waals surface area contributed by atoms with E-state index in [0.29, 0.717) is 0 Å². The van der Waals surface area contributed by atoms with Crippen LogP contribution >= 0.6 is 15.9 Å². The van der Waals surface area contributed by atoms with E-state index in [4.69, 9.17) is 0 Å². The summed E-state index contributed by atoms with van der Waals surface area (Å²) < 4.78 is 3.26. The van der Waals surface area contributed by atoms with Crippen LogP contribution in [0.4, 0.5) is 0 Å². The Morgan fingerprint density at radius 1 is 1.26 bits per heavy atom. The van der Waals surface area contributed by atoms with E-state index >= 15 is 0 Å². The number of halogens is 1. The van der Waals surface area contributed by atoms with Gasteiger partial charge in [-0.05, 0) is 60.6 Å². The van der Waals surface area contributed by atoms with Crippen molar-refractivity contribution in [3.8, 4) is 0 Å². The van der Waals surface area contributed by atoms with Crippen molar-refractivity contribution in [2.75, 3.05) is 13.1 Å². The van der Waals surface area contributed by atoms with Gasteiger partial charge in [0.25, 0.3) is 0 Å².